The molecule has 0 unspecified atom stereocenters. The molecule has 2 aliphatic heterocycles. The van der Waals surface area contributed by atoms with Crippen LogP contribution in [0.3, 0.4) is 0 Å². The lowest BCUT2D eigenvalue weighted by molar-refractivity contribution is 0.140. The maximum Gasteiger partial charge on any atom is 0.184 e. The minimum atomic E-state index is 0.0553. The summed E-state index contributed by atoms with van der Waals surface area (Å²) in [5.74, 6) is 1.79. The van der Waals surface area contributed by atoms with Crippen LogP contribution >= 0.6 is 0 Å². The zero-order valence-corrected chi connectivity index (χ0v) is 11.7. The van der Waals surface area contributed by atoms with Gasteiger partial charge in [-0.2, -0.15) is 0 Å². The molecule has 0 saturated carbocycles. The molecule has 0 atom stereocenters. The molecule has 2 heterocycles. The van der Waals surface area contributed by atoms with Crippen LogP contribution in [-0.2, 0) is 0 Å². The molecular weight excluding hydrogens is 240 g/mol. The molecule has 0 aliphatic carbocycles. The second-order valence-corrected chi connectivity index (χ2v) is 6.08. The Morgan fingerprint density at radius 3 is 2.63 bits per heavy atom. The molecule has 1 aromatic carbocycles. The van der Waals surface area contributed by atoms with Crippen LogP contribution in [0.25, 0.3) is 0 Å². The van der Waals surface area contributed by atoms with E-state index in [1.807, 2.05) is 6.07 Å². The average molecular weight is 262 g/mol. The zero-order chi connectivity index (χ0) is 13.3. The molecule has 0 radical (unpaired) electrons. The SMILES string of the molecule is CC1(C)COc2cccc(N3CCNCC3)c2OC1. The Hall–Kier alpha value is -1.42. The van der Waals surface area contributed by atoms with Gasteiger partial charge in [-0.25, -0.2) is 0 Å². The zero-order valence-electron chi connectivity index (χ0n) is 11.7. The Kier molecular flexibility index (Phi) is 3.27. The Morgan fingerprint density at radius 2 is 1.84 bits per heavy atom. The summed E-state index contributed by atoms with van der Waals surface area (Å²) in [6.07, 6.45) is 0. The largest absolute Gasteiger partial charge is 0.489 e. The molecule has 0 amide bonds. The van der Waals surface area contributed by atoms with E-state index >= 15 is 0 Å². The van der Waals surface area contributed by atoms with Crippen molar-refractivity contribution in [2.24, 2.45) is 5.41 Å². The number of hydrogen-bond acceptors (Lipinski definition) is 4. The lowest BCUT2D eigenvalue weighted by Gasteiger charge is -2.31. The van der Waals surface area contributed by atoms with Crippen molar-refractivity contribution in [2.75, 3.05) is 44.3 Å². The van der Waals surface area contributed by atoms with Crippen molar-refractivity contribution in [1.29, 1.82) is 0 Å². The maximum atomic E-state index is 6.06. The summed E-state index contributed by atoms with van der Waals surface area (Å²) in [5.41, 5.74) is 1.22. The van der Waals surface area contributed by atoms with Crippen LogP contribution in [-0.4, -0.2) is 39.4 Å². The average Bonchev–Trinajstić information content (AvgIpc) is 2.59. The number of anilines is 1. The number of ether oxygens (including phenoxy) is 2. The van der Waals surface area contributed by atoms with Crippen LogP contribution in [0.1, 0.15) is 13.8 Å². The van der Waals surface area contributed by atoms with Gasteiger partial charge < -0.3 is 19.7 Å². The predicted molar refractivity (Wildman–Crippen MR) is 76.3 cm³/mol. The molecule has 1 N–H and O–H groups in total. The molecule has 0 spiro atoms. The monoisotopic (exact) mass is 262 g/mol. The summed E-state index contributed by atoms with van der Waals surface area (Å²) in [4.78, 5) is 2.37. The van der Waals surface area contributed by atoms with Gasteiger partial charge in [-0.15, -0.1) is 0 Å². The van der Waals surface area contributed by atoms with Crippen LogP contribution in [0.5, 0.6) is 11.5 Å². The Balaban J connectivity index is 1.91. The molecule has 104 valence electrons. The quantitative estimate of drug-likeness (QED) is 0.838. The van der Waals surface area contributed by atoms with Crippen molar-refractivity contribution in [2.45, 2.75) is 13.8 Å². The minimum absolute atomic E-state index is 0.0553. The van der Waals surface area contributed by atoms with Crippen LogP contribution in [0.4, 0.5) is 5.69 Å². The predicted octanol–water partition coefficient (Wildman–Crippen LogP) is 1.89. The molecule has 4 heteroatoms. The minimum Gasteiger partial charge on any atom is -0.489 e. The lowest BCUT2D eigenvalue weighted by Crippen LogP contribution is -2.43. The second-order valence-electron chi connectivity index (χ2n) is 6.08. The number of piperazine rings is 1. The summed E-state index contributed by atoms with van der Waals surface area (Å²) < 4.78 is 12.0. The summed E-state index contributed by atoms with van der Waals surface area (Å²) in [5, 5.41) is 3.38. The number of nitrogens with zero attached hydrogens (tertiary/aromatic N) is 1. The third kappa shape index (κ3) is 2.63. The van der Waals surface area contributed by atoms with E-state index in [1.165, 1.54) is 0 Å². The van der Waals surface area contributed by atoms with Gasteiger partial charge in [0, 0.05) is 31.6 Å². The highest BCUT2D eigenvalue weighted by molar-refractivity contribution is 5.65. The first-order chi connectivity index (χ1) is 9.16. The van der Waals surface area contributed by atoms with Crippen LogP contribution in [0, 0.1) is 5.41 Å². The molecule has 1 aromatic rings. The van der Waals surface area contributed by atoms with Gasteiger partial charge >= 0.3 is 0 Å². The van der Waals surface area contributed by atoms with Gasteiger partial charge in [0.05, 0.1) is 18.9 Å². The highest BCUT2D eigenvalue weighted by Gasteiger charge is 2.28. The van der Waals surface area contributed by atoms with Crippen molar-refractivity contribution in [3.8, 4) is 11.5 Å². The number of fused-ring (bicyclic) bond motifs is 1. The molecular formula is C15H22N2O2. The van der Waals surface area contributed by atoms with E-state index in [1.54, 1.807) is 0 Å². The van der Waals surface area contributed by atoms with Gasteiger partial charge in [-0.1, -0.05) is 19.9 Å². The van der Waals surface area contributed by atoms with E-state index in [2.05, 4.69) is 36.2 Å². The first-order valence-corrected chi connectivity index (χ1v) is 7.00. The number of rotatable bonds is 1. The third-order valence-corrected chi connectivity index (χ3v) is 3.64. The van der Waals surface area contributed by atoms with Crippen LogP contribution in [0.2, 0.25) is 0 Å². The number of hydrogen-bond donors (Lipinski definition) is 1. The van der Waals surface area contributed by atoms with Crippen molar-refractivity contribution >= 4 is 5.69 Å². The molecule has 3 rings (SSSR count). The summed E-state index contributed by atoms with van der Waals surface area (Å²) in [6.45, 7) is 9.82. The molecule has 1 saturated heterocycles. The smallest absolute Gasteiger partial charge is 0.184 e. The highest BCUT2D eigenvalue weighted by atomic mass is 16.5. The Bertz CT molecular complexity index is 453. The van der Waals surface area contributed by atoms with Crippen LogP contribution in [0.15, 0.2) is 18.2 Å². The topological polar surface area (TPSA) is 33.7 Å². The van der Waals surface area contributed by atoms with Gasteiger partial charge in [-0.05, 0) is 12.1 Å². The number of nitrogens with one attached hydrogen (secondary N) is 1. The molecule has 4 nitrogen and oxygen atoms in total. The van der Waals surface area contributed by atoms with Crippen molar-refractivity contribution in [3.05, 3.63) is 18.2 Å². The van der Waals surface area contributed by atoms with Crippen molar-refractivity contribution in [3.63, 3.8) is 0 Å². The van der Waals surface area contributed by atoms with E-state index in [0.717, 1.165) is 43.4 Å². The first kappa shape index (κ1) is 12.6. The first-order valence-electron chi connectivity index (χ1n) is 7.00. The molecule has 19 heavy (non-hydrogen) atoms. The molecule has 2 aliphatic rings. The molecule has 1 fully saturated rings. The fourth-order valence-electron chi connectivity index (χ4n) is 2.50. The third-order valence-electron chi connectivity index (χ3n) is 3.64. The van der Waals surface area contributed by atoms with Crippen LogP contribution < -0.4 is 19.7 Å². The van der Waals surface area contributed by atoms with Gasteiger partial charge in [0.25, 0.3) is 0 Å². The normalized spacial score (nSPS) is 21.9. The van der Waals surface area contributed by atoms with E-state index in [4.69, 9.17) is 9.47 Å². The molecule has 0 aromatic heterocycles. The van der Waals surface area contributed by atoms with E-state index in [-0.39, 0.29) is 5.41 Å². The number of para-hydroxylation sites is 1. The molecule has 0 bridgehead atoms. The van der Waals surface area contributed by atoms with Gasteiger partial charge in [0.2, 0.25) is 0 Å². The summed E-state index contributed by atoms with van der Waals surface area (Å²) >= 11 is 0. The second kappa shape index (κ2) is 4.93. The van der Waals surface area contributed by atoms with Crippen molar-refractivity contribution < 1.29 is 9.47 Å². The number of benzene rings is 1. The standard InChI is InChI=1S/C15H22N2O2/c1-15(2)10-18-13-5-3-4-12(14(13)19-11-15)17-8-6-16-7-9-17/h3-5,16H,6-11H2,1-2H3. The fraction of sp³-hybridized carbons (Fsp3) is 0.600. The van der Waals surface area contributed by atoms with Gasteiger partial charge in [0.1, 0.15) is 0 Å². The van der Waals surface area contributed by atoms with Gasteiger partial charge in [0.15, 0.2) is 11.5 Å². The van der Waals surface area contributed by atoms with E-state index in [0.29, 0.717) is 13.2 Å². The summed E-state index contributed by atoms with van der Waals surface area (Å²) in [6, 6.07) is 6.19. The van der Waals surface area contributed by atoms with E-state index < -0.39 is 0 Å². The Morgan fingerprint density at radius 1 is 1.11 bits per heavy atom. The van der Waals surface area contributed by atoms with E-state index in [9.17, 15) is 0 Å². The van der Waals surface area contributed by atoms with Gasteiger partial charge in [-0.3, -0.25) is 0 Å². The fourth-order valence-corrected chi connectivity index (χ4v) is 2.50. The highest BCUT2D eigenvalue weighted by Crippen LogP contribution is 2.41. The maximum absolute atomic E-state index is 6.06. The lowest BCUT2D eigenvalue weighted by atomic mass is 9.97. The van der Waals surface area contributed by atoms with Crippen molar-refractivity contribution in [1.82, 2.24) is 5.32 Å². The summed E-state index contributed by atoms with van der Waals surface area (Å²) in [7, 11) is 0. The Labute approximate surface area is 114 Å².